The summed E-state index contributed by atoms with van der Waals surface area (Å²) in [6.45, 7) is 3.11. The normalized spacial score (nSPS) is 8.36. The lowest BCUT2D eigenvalue weighted by Crippen LogP contribution is -1.97. The van der Waals surface area contributed by atoms with Crippen molar-refractivity contribution >= 4 is 0 Å². The highest BCUT2D eigenvalue weighted by atomic mass is 14.6. The molecule has 0 saturated heterocycles. The molecule has 0 atom stereocenters. The van der Waals surface area contributed by atoms with Gasteiger partial charge in [0, 0.05) is 10.8 Å². The van der Waals surface area contributed by atoms with Crippen molar-refractivity contribution in [3.8, 4) is 0 Å². The zero-order valence-corrected chi connectivity index (χ0v) is 7.42. The van der Waals surface area contributed by atoms with Crippen LogP contribution in [0.5, 0.6) is 0 Å². The van der Waals surface area contributed by atoms with E-state index in [9.17, 15) is 0 Å². The van der Waals surface area contributed by atoms with E-state index in [-0.39, 0.29) is 0 Å². The van der Waals surface area contributed by atoms with Gasteiger partial charge in [0.15, 0.2) is 0 Å². The molecule has 0 amide bonds. The SMILES string of the molecule is CCCCCCCCN.N#N. The largest absolute Gasteiger partial charge is 0.330 e. The first-order valence-corrected chi connectivity index (χ1v) is 4.32. The standard InChI is InChI=1S/C8H19N.N2/c1-2-3-4-5-6-7-8-9;1-2/h2-9H2,1H3;. The summed E-state index contributed by atoms with van der Waals surface area (Å²) in [5.74, 6) is 0. The predicted molar refractivity (Wildman–Crippen MR) is 45.9 cm³/mol. The van der Waals surface area contributed by atoms with Crippen LogP contribution in [0.3, 0.4) is 0 Å². The molecule has 0 saturated carbocycles. The zero-order chi connectivity index (χ0) is 8.95. The van der Waals surface area contributed by atoms with Gasteiger partial charge < -0.3 is 5.73 Å². The number of rotatable bonds is 6. The van der Waals surface area contributed by atoms with Crippen LogP contribution in [0, 0.1) is 10.8 Å². The molecule has 0 fully saturated rings. The molecule has 0 aromatic heterocycles. The number of hydrogen-bond donors (Lipinski definition) is 1. The molecule has 3 nitrogen and oxygen atoms in total. The van der Waals surface area contributed by atoms with E-state index in [4.69, 9.17) is 16.5 Å². The van der Waals surface area contributed by atoms with E-state index < -0.39 is 0 Å². The minimum Gasteiger partial charge on any atom is -0.330 e. The van der Waals surface area contributed by atoms with Crippen molar-refractivity contribution in [2.45, 2.75) is 45.4 Å². The summed E-state index contributed by atoms with van der Waals surface area (Å²) < 4.78 is 0. The first kappa shape index (κ1) is 13.0. The third-order valence-electron chi connectivity index (χ3n) is 1.56. The second-order valence-corrected chi connectivity index (χ2v) is 2.56. The predicted octanol–water partition coefficient (Wildman–Crippen LogP) is 2.34. The maximum Gasteiger partial charge on any atom is 0 e. The number of nitrogens with zero attached hydrogens (tertiary/aromatic N) is 2. The Labute approximate surface area is 69.4 Å². The van der Waals surface area contributed by atoms with Crippen LogP contribution in [0.15, 0.2) is 0 Å². The molecule has 0 unspecified atom stereocenters. The Morgan fingerprint density at radius 3 is 1.82 bits per heavy atom. The van der Waals surface area contributed by atoms with Crippen molar-refractivity contribution < 1.29 is 0 Å². The maximum atomic E-state index is 6.00. The molecule has 0 aliphatic carbocycles. The molecule has 0 aromatic carbocycles. The van der Waals surface area contributed by atoms with E-state index in [0.717, 1.165) is 6.54 Å². The van der Waals surface area contributed by atoms with Crippen molar-refractivity contribution in [2.24, 2.45) is 5.73 Å². The van der Waals surface area contributed by atoms with Crippen molar-refractivity contribution in [1.82, 2.24) is 0 Å². The van der Waals surface area contributed by atoms with Gasteiger partial charge in [-0.3, -0.25) is 0 Å². The topological polar surface area (TPSA) is 73.6 Å². The Morgan fingerprint density at radius 1 is 0.909 bits per heavy atom. The number of hydrogen-bond acceptors (Lipinski definition) is 3. The summed E-state index contributed by atoms with van der Waals surface area (Å²) >= 11 is 0. The number of nitrogens with two attached hydrogens (primary N) is 1. The van der Waals surface area contributed by atoms with E-state index in [1.807, 2.05) is 0 Å². The minimum absolute atomic E-state index is 0.867. The van der Waals surface area contributed by atoms with Gasteiger partial charge in [0.25, 0.3) is 0 Å². The molecule has 0 aromatic rings. The summed E-state index contributed by atoms with van der Waals surface area (Å²) in [5, 5.41) is 12.0. The van der Waals surface area contributed by atoms with E-state index in [0.29, 0.717) is 0 Å². The van der Waals surface area contributed by atoms with Crippen LogP contribution in [0.2, 0.25) is 0 Å². The van der Waals surface area contributed by atoms with E-state index in [1.165, 1.54) is 38.5 Å². The molecule has 0 aliphatic rings. The molecule has 0 rings (SSSR count). The highest BCUT2D eigenvalue weighted by Crippen LogP contribution is 2.03. The summed E-state index contributed by atoms with van der Waals surface area (Å²) in [7, 11) is 0. The zero-order valence-electron chi connectivity index (χ0n) is 7.42. The lowest BCUT2D eigenvalue weighted by molar-refractivity contribution is 0.612. The van der Waals surface area contributed by atoms with Crippen LogP contribution >= 0.6 is 0 Å². The van der Waals surface area contributed by atoms with Gasteiger partial charge in [-0.1, -0.05) is 39.0 Å². The molecule has 0 spiro atoms. The summed E-state index contributed by atoms with van der Waals surface area (Å²) in [5.41, 5.74) is 5.34. The highest BCUT2D eigenvalue weighted by molar-refractivity contribution is 4.43. The summed E-state index contributed by atoms with van der Waals surface area (Å²) in [6, 6.07) is 0. The van der Waals surface area contributed by atoms with Gasteiger partial charge >= 0.3 is 0 Å². The van der Waals surface area contributed by atoms with Crippen LogP contribution in [-0.2, 0) is 0 Å². The van der Waals surface area contributed by atoms with Crippen LogP contribution in [0.1, 0.15) is 45.4 Å². The second kappa shape index (κ2) is 16.2. The van der Waals surface area contributed by atoms with Crippen molar-refractivity contribution in [1.29, 1.82) is 10.8 Å². The number of unbranched alkanes of at least 4 members (excludes halogenated alkanes) is 5. The van der Waals surface area contributed by atoms with Gasteiger partial charge in [-0.25, -0.2) is 0 Å². The van der Waals surface area contributed by atoms with Crippen molar-refractivity contribution in [2.75, 3.05) is 6.54 Å². The van der Waals surface area contributed by atoms with E-state index in [1.54, 1.807) is 0 Å². The van der Waals surface area contributed by atoms with Crippen LogP contribution in [0.4, 0.5) is 0 Å². The molecule has 66 valence electrons. The second-order valence-electron chi connectivity index (χ2n) is 2.56. The Hall–Kier alpha value is -0.620. The Morgan fingerprint density at radius 2 is 1.36 bits per heavy atom. The fourth-order valence-corrected chi connectivity index (χ4v) is 0.925. The van der Waals surface area contributed by atoms with Gasteiger partial charge in [0.2, 0.25) is 0 Å². The van der Waals surface area contributed by atoms with E-state index in [2.05, 4.69) is 6.92 Å². The Balaban J connectivity index is 0. The van der Waals surface area contributed by atoms with Crippen molar-refractivity contribution in [3.05, 3.63) is 0 Å². The minimum atomic E-state index is 0.867. The third-order valence-corrected chi connectivity index (χ3v) is 1.56. The molecule has 11 heavy (non-hydrogen) atoms. The smallest absolute Gasteiger partial charge is 0 e. The maximum absolute atomic E-state index is 6.00. The van der Waals surface area contributed by atoms with Gasteiger partial charge in [-0.15, -0.1) is 0 Å². The third kappa shape index (κ3) is 17.7. The van der Waals surface area contributed by atoms with Gasteiger partial charge in [-0.2, -0.15) is 0 Å². The van der Waals surface area contributed by atoms with Gasteiger partial charge in [-0.05, 0) is 13.0 Å². The average Bonchev–Trinajstić information content (AvgIpc) is 2.08. The first-order valence-electron chi connectivity index (χ1n) is 4.32. The molecular formula is C8H19N3. The molecule has 2 N–H and O–H groups in total. The lowest BCUT2D eigenvalue weighted by atomic mass is 10.1. The quantitative estimate of drug-likeness (QED) is 0.475. The van der Waals surface area contributed by atoms with Gasteiger partial charge in [0.1, 0.15) is 0 Å². The Bertz CT molecular complexity index is 65.0. The lowest BCUT2D eigenvalue weighted by Gasteiger charge is -1.96. The molecular weight excluding hydrogens is 138 g/mol. The first-order chi connectivity index (χ1) is 5.41. The summed E-state index contributed by atoms with van der Waals surface area (Å²) in [4.78, 5) is 0. The van der Waals surface area contributed by atoms with E-state index >= 15 is 0 Å². The molecule has 0 radical (unpaired) electrons. The molecule has 0 bridgehead atoms. The fraction of sp³-hybridized carbons (Fsp3) is 1.00. The Kier molecular flexibility index (Phi) is 19.1. The molecule has 0 heterocycles. The van der Waals surface area contributed by atoms with Crippen LogP contribution in [-0.4, -0.2) is 6.54 Å². The highest BCUT2D eigenvalue weighted by Gasteiger charge is 1.85. The molecule has 3 heteroatoms. The fourth-order valence-electron chi connectivity index (χ4n) is 0.925. The van der Waals surface area contributed by atoms with Crippen molar-refractivity contribution in [3.63, 3.8) is 0 Å². The average molecular weight is 157 g/mol. The van der Waals surface area contributed by atoms with Crippen LogP contribution < -0.4 is 5.73 Å². The van der Waals surface area contributed by atoms with Crippen LogP contribution in [0.25, 0.3) is 0 Å². The van der Waals surface area contributed by atoms with Gasteiger partial charge in [0.05, 0.1) is 0 Å². The summed E-state index contributed by atoms with van der Waals surface area (Å²) in [6.07, 6.45) is 8.05. The molecule has 0 aliphatic heterocycles. The monoisotopic (exact) mass is 157 g/mol.